The highest BCUT2D eigenvalue weighted by Crippen LogP contribution is 2.37. The predicted molar refractivity (Wildman–Crippen MR) is 95.1 cm³/mol. The topological polar surface area (TPSA) is 15.3 Å². The molecule has 0 bridgehead atoms. The maximum absolute atomic E-state index is 3.98. The SMILES string of the molecule is CC(C)C1CC(NCC2CCCCC2)CN(C(C)C2CC2)C1. The third kappa shape index (κ3) is 4.47. The fraction of sp³-hybridized carbons (Fsp3) is 1.00. The first-order valence-corrected chi connectivity index (χ1v) is 10.1. The van der Waals surface area contributed by atoms with Crippen LogP contribution in [0.4, 0.5) is 0 Å². The van der Waals surface area contributed by atoms with Gasteiger partial charge in [-0.25, -0.2) is 0 Å². The molecule has 1 heterocycles. The first-order chi connectivity index (χ1) is 10.6. The minimum atomic E-state index is 0.740. The van der Waals surface area contributed by atoms with Crippen molar-refractivity contribution in [2.24, 2.45) is 23.7 Å². The van der Waals surface area contributed by atoms with Crippen molar-refractivity contribution >= 4 is 0 Å². The van der Waals surface area contributed by atoms with Gasteiger partial charge in [0.2, 0.25) is 0 Å². The zero-order valence-corrected chi connectivity index (χ0v) is 15.2. The van der Waals surface area contributed by atoms with E-state index in [0.29, 0.717) is 0 Å². The molecule has 0 aromatic rings. The summed E-state index contributed by atoms with van der Waals surface area (Å²) in [4.78, 5) is 2.82. The summed E-state index contributed by atoms with van der Waals surface area (Å²) < 4.78 is 0. The van der Waals surface area contributed by atoms with Crippen molar-refractivity contribution in [2.45, 2.75) is 84.2 Å². The Morgan fingerprint density at radius 2 is 1.64 bits per heavy atom. The number of piperidine rings is 1. The van der Waals surface area contributed by atoms with Crippen LogP contribution in [0.2, 0.25) is 0 Å². The summed E-state index contributed by atoms with van der Waals surface area (Å²) >= 11 is 0. The lowest BCUT2D eigenvalue weighted by atomic mass is 9.84. The number of likely N-dealkylation sites (tertiary alicyclic amines) is 1. The molecule has 0 aromatic carbocycles. The second kappa shape index (κ2) is 7.66. The van der Waals surface area contributed by atoms with Gasteiger partial charge in [0.05, 0.1) is 0 Å². The van der Waals surface area contributed by atoms with Gasteiger partial charge in [0.1, 0.15) is 0 Å². The predicted octanol–water partition coefficient (Wildman–Crippen LogP) is 4.30. The van der Waals surface area contributed by atoms with Crippen molar-refractivity contribution < 1.29 is 0 Å². The fourth-order valence-electron chi connectivity index (χ4n) is 4.74. The van der Waals surface area contributed by atoms with Gasteiger partial charge in [-0.2, -0.15) is 0 Å². The van der Waals surface area contributed by atoms with E-state index in [4.69, 9.17) is 0 Å². The van der Waals surface area contributed by atoms with Gasteiger partial charge in [0.15, 0.2) is 0 Å². The van der Waals surface area contributed by atoms with Crippen LogP contribution in [0.3, 0.4) is 0 Å². The molecule has 3 atom stereocenters. The van der Waals surface area contributed by atoms with Crippen LogP contribution in [0.1, 0.15) is 72.1 Å². The molecule has 0 amide bonds. The monoisotopic (exact) mass is 306 g/mol. The van der Waals surface area contributed by atoms with E-state index in [1.807, 2.05) is 0 Å². The zero-order valence-electron chi connectivity index (χ0n) is 15.2. The van der Waals surface area contributed by atoms with Crippen molar-refractivity contribution in [2.75, 3.05) is 19.6 Å². The molecule has 3 rings (SSSR count). The third-order valence-electron chi connectivity index (χ3n) is 6.75. The second-order valence-electron chi connectivity index (χ2n) is 8.88. The Kier molecular flexibility index (Phi) is 5.84. The van der Waals surface area contributed by atoms with E-state index >= 15 is 0 Å². The summed E-state index contributed by atoms with van der Waals surface area (Å²) in [6.07, 6.45) is 11.7. The maximum atomic E-state index is 3.98. The number of hydrogen-bond donors (Lipinski definition) is 1. The highest BCUT2D eigenvalue weighted by molar-refractivity contribution is 4.92. The lowest BCUT2D eigenvalue weighted by Crippen LogP contribution is -2.54. The van der Waals surface area contributed by atoms with Crippen LogP contribution in [0, 0.1) is 23.7 Å². The Hall–Kier alpha value is -0.0800. The number of nitrogens with zero attached hydrogens (tertiary/aromatic N) is 1. The summed E-state index contributed by atoms with van der Waals surface area (Å²) in [5, 5.41) is 3.98. The molecule has 1 aliphatic heterocycles. The first-order valence-electron chi connectivity index (χ1n) is 10.1. The molecule has 2 nitrogen and oxygen atoms in total. The highest BCUT2D eigenvalue weighted by atomic mass is 15.2. The molecule has 128 valence electrons. The number of rotatable bonds is 6. The molecular formula is C20H38N2. The molecule has 2 saturated carbocycles. The largest absolute Gasteiger partial charge is 0.312 e. The zero-order chi connectivity index (χ0) is 15.5. The van der Waals surface area contributed by atoms with Gasteiger partial charge in [0.25, 0.3) is 0 Å². The number of hydrogen-bond acceptors (Lipinski definition) is 2. The molecule has 3 fully saturated rings. The Morgan fingerprint density at radius 3 is 2.27 bits per heavy atom. The second-order valence-corrected chi connectivity index (χ2v) is 8.88. The molecule has 22 heavy (non-hydrogen) atoms. The van der Waals surface area contributed by atoms with Crippen LogP contribution in [0.15, 0.2) is 0 Å². The summed E-state index contributed by atoms with van der Waals surface area (Å²) in [6.45, 7) is 11.3. The van der Waals surface area contributed by atoms with Crippen molar-refractivity contribution in [3.05, 3.63) is 0 Å². The van der Waals surface area contributed by atoms with E-state index < -0.39 is 0 Å². The third-order valence-corrected chi connectivity index (χ3v) is 6.75. The van der Waals surface area contributed by atoms with E-state index in [2.05, 4.69) is 31.0 Å². The van der Waals surface area contributed by atoms with E-state index in [0.717, 1.165) is 35.8 Å². The lowest BCUT2D eigenvalue weighted by molar-refractivity contribution is 0.0740. The highest BCUT2D eigenvalue weighted by Gasteiger charge is 2.37. The van der Waals surface area contributed by atoms with Gasteiger partial charge in [-0.15, -0.1) is 0 Å². The van der Waals surface area contributed by atoms with E-state index in [9.17, 15) is 0 Å². The van der Waals surface area contributed by atoms with Crippen LogP contribution in [0.5, 0.6) is 0 Å². The van der Waals surface area contributed by atoms with Gasteiger partial charge < -0.3 is 5.32 Å². The summed E-state index contributed by atoms with van der Waals surface area (Å²) in [5.41, 5.74) is 0. The molecule has 3 unspecified atom stereocenters. The first kappa shape index (κ1) is 16.8. The minimum Gasteiger partial charge on any atom is -0.312 e. The van der Waals surface area contributed by atoms with Crippen molar-refractivity contribution in [3.8, 4) is 0 Å². The van der Waals surface area contributed by atoms with Crippen LogP contribution in [-0.4, -0.2) is 36.6 Å². The van der Waals surface area contributed by atoms with Crippen LogP contribution in [-0.2, 0) is 0 Å². The summed E-state index contributed by atoms with van der Waals surface area (Å²) in [7, 11) is 0. The molecule has 1 saturated heterocycles. The van der Waals surface area contributed by atoms with Crippen molar-refractivity contribution in [3.63, 3.8) is 0 Å². The van der Waals surface area contributed by atoms with Gasteiger partial charge >= 0.3 is 0 Å². The molecule has 2 heteroatoms. The quantitative estimate of drug-likeness (QED) is 0.787. The van der Waals surface area contributed by atoms with E-state index in [-0.39, 0.29) is 0 Å². The Bertz CT molecular complexity index is 331. The molecule has 0 radical (unpaired) electrons. The standard InChI is InChI=1S/C20H38N2/c1-15(2)19-11-20(21-12-17-7-5-4-6-8-17)14-22(13-19)16(3)18-9-10-18/h15-21H,4-14H2,1-3H3. The average molecular weight is 307 g/mol. The van der Waals surface area contributed by atoms with E-state index in [1.54, 1.807) is 0 Å². The van der Waals surface area contributed by atoms with Crippen molar-refractivity contribution in [1.82, 2.24) is 10.2 Å². The van der Waals surface area contributed by atoms with Gasteiger partial charge in [-0.05, 0) is 69.2 Å². The average Bonchev–Trinajstić information content (AvgIpc) is 3.38. The molecule has 0 spiro atoms. The minimum absolute atomic E-state index is 0.740. The van der Waals surface area contributed by atoms with Crippen molar-refractivity contribution in [1.29, 1.82) is 0 Å². The maximum Gasteiger partial charge on any atom is 0.0198 e. The molecule has 0 aromatic heterocycles. The molecule has 1 N–H and O–H groups in total. The molecule has 3 aliphatic rings. The van der Waals surface area contributed by atoms with E-state index in [1.165, 1.54) is 71.0 Å². The van der Waals surface area contributed by atoms with Crippen LogP contribution >= 0.6 is 0 Å². The lowest BCUT2D eigenvalue weighted by Gasteiger charge is -2.43. The fourth-order valence-corrected chi connectivity index (χ4v) is 4.74. The summed E-state index contributed by atoms with van der Waals surface area (Å²) in [6, 6.07) is 1.56. The summed E-state index contributed by atoms with van der Waals surface area (Å²) in [5.74, 6) is 3.68. The smallest absolute Gasteiger partial charge is 0.0198 e. The van der Waals surface area contributed by atoms with Crippen LogP contribution < -0.4 is 5.32 Å². The normalized spacial score (nSPS) is 33.3. The molecule has 2 aliphatic carbocycles. The molecular weight excluding hydrogens is 268 g/mol. The van der Waals surface area contributed by atoms with Gasteiger partial charge in [-0.3, -0.25) is 4.90 Å². The van der Waals surface area contributed by atoms with Gasteiger partial charge in [0, 0.05) is 25.2 Å². The van der Waals surface area contributed by atoms with Gasteiger partial charge in [-0.1, -0.05) is 33.1 Å². The Balaban J connectivity index is 1.52. The number of nitrogens with one attached hydrogen (secondary N) is 1. The Labute approximate surface area is 138 Å². The Morgan fingerprint density at radius 1 is 0.909 bits per heavy atom. The van der Waals surface area contributed by atoms with Crippen LogP contribution in [0.25, 0.3) is 0 Å².